The summed E-state index contributed by atoms with van der Waals surface area (Å²) in [5.74, 6) is -2.14. The molecule has 2 N–H and O–H groups in total. The van der Waals surface area contributed by atoms with Gasteiger partial charge in [0.05, 0.1) is 22.8 Å². The smallest absolute Gasteiger partial charge is 0.335 e. The number of hydrogen-bond donors (Lipinski definition) is 2. The predicted molar refractivity (Wildman–Crippen MR) is 75.3 cm³/mol. The first-order chi connectivity index (χ1) is 9.00. The normalized spacial score (nSPS) is 12.1. The minimum absolute atomic E-state index is 0.0431. The van der Waals surface area contributed by atoms with Crippen molar-refractivity contribution in [3.63, 3.8) is 0 Å². The van der Waals surface area contributed by atoms with Gasteiger partial charge in [0, 0.05) is 6.26 Å². The highest BCUT2D eigenvalue weighted by molar-refractivity contribution is 7.95. The summed E-state index contributed by atoms with van der Waals surface area (Å²) in [6, 6.07) is 3.93. The lowest BCUT2D eigenvalue weighted by Gasteiger charge is -2.10. The van der Waals surface area contributed by atoms with Crippen LogP contribution in [0.25, 0.3) is 0 Å². The van der Waals surface area contributed by atoms with Crippen molar-refractivity contribution in [1.29, 1.82) is 0 Å². The molecule has 0 amide bonds. The van der Waals surface area contributed by atoms with Gasteiger partial charge in [-0.05, 0) is 30.7 Å². The Morgan fingerprint density at radius 2 is 1.80 bits per heavy atom. The third-order valence-corrected chi connectivity index (χ3v) is 4.94. The summed E-state index contributed by atoms with van der Waals surface area (Å²) in [4.78, 5) is 10.8. The summed E-state index contributed by atoms with van der Waals surface area (Å²) in [6.07, 6.45) is 0.954. The molecular weight excluding hydrogens is 306 g/mol. The number of aromatic carboxylic acids is 1. The fraction of sp³-hybridized carbons (Fsp3) is 0.364. The highest BCUT2D eigenvalue weighted by atomic mass is 32.2. The molecule has 20 heavy (non-hydrogen) atoms. The number of rotatable bonds is 6. The van der Waals surface area contributed by atoms with E-state index in [1.807, 2.05) is 0 Å². The van der Waals surface area contributed by atoms with E-state index in [9.17, 15) is 21.6 Å². The van der Waals surface area contributed by atoms with E-state index in [2.05, 4.69) is 4.72 Å². The number of sulfone groups is 1. The minimum atomic E-state index is -3.80. The van der Waals surface area contributed by atoms with Crippen molar-refractivity contribution in [3.8, 4) is 0 Å². The summed E-state index contributed by atoms with van der Waals surface area (Å²) >= 11 is 0. The summed E-state index contributed by atoms with van der Waals surface area (Å²) in [6.45, 7) is 1.56. The molecule has 0 atom stereocenters. The molecule has 0 spiro atoms. The van der Waals surface area contributed by atoms with Gasteiger partial charge in [-0.15, -0.1) is 0 Å². The molecule has 112 valence electrons. The fourth-order valence-corrected chi connectivity index (χ4v) is 4.15. The highest BCUT2D eigenvalue weighted by Crippen LogP contribution is 2.18. The summed E-state index contributed by atoms with van der Waals surface area (Å²) in [5.41, 5.74) is 0.706. The first kappa shape index (κ1) is 16.4. The van der Waals surface area contributed by atoms with Crippen LogP contribution in [0, 0.1) is 6.92 Å². The van der Waals surface area contributed by atoms with Crippen LogP contribution < -0.4 is 4.72 Å². The van der Waals surface area contributed by atoms with Crippen molar-refractivity contribution in [2.45, 2.75) is 6.92 Å². The van der Waals surface area contributed by atoms with Gasteiger partial charge in [-0.3, -0.25) is 4.72 Å². The van der Waals surface area contributed by atoms with Crippen molar-refractivity contribution in [1.82, 2.24) is 0 Å². The van der Waals surface area contributed by atoms with Crippen molar-refractivity contribution in [2.24, 2.45) is 0 Å². The van der Waals surface area contributed by atoms with Crippen LogP contribution >= 0.6 is 0 Å². The Morgan fingerprint density at radius 3 is 2.25 bits per heavy atom. The number of carboxylic acid groups (broad SMARTS) is 1. The van der Waals surface area contributed by atoms with Crippen LogP contribution in [0.1, 0.15) is 15.9 Å². The lowest BCUT2D eigenvalue weighted by molar-refractivity contribution is 0.0697. The number of anilines is 1. The summed E-state index contributed by atoms with van der Waals surface area (Å²) in [7, 11) is -7.17. The van der Waals surface area contributed by atoms with E-state index in [0.29, 0.717) is 5.56 Å². The molecule has 9 heteroatoms. The van der Waals surface area contributed by atoms with Gasteiger partial charge >= 0.3 is 5.97 Å². The van der Waals surface area contributed by atoms with Crippen molar-refractivity contribution in [2.75, 3.05) is 22.5 Å². The molecule has 0 fully saturated rings. The van der Waals surface area contributed by atoms with Gasteiger partial charge in [0.2, 0.25) is 10.0 Å². The zero-order valence-electron chi connectivity index (χ0n) is 11.0. The second-order valence-corrected chi connectivity index (χ2v) is 8.49. The molecule has 1 aromatic rings. The molecule has 0 aliphatic heterocycles. The topological polar surface area (TPSA) is 118 Å². The molecule has 0 bridgehead atoms. The van der Waals surface area contributed by atoms with E-state index in [1.54, 1.807) is 6.92 Å². The van der Waals surface area contributed by atoms with E-state index in [-0.39, 0.29) is 11.3 Å². The van der Waals surface area contributed by atoms with Gasteiger partial charge in [-0.2, -0.15) is 0 Å². The largest absolute Gasteiger partial charge is 0.478 e. The van der Waals surface area contributed by atoms with E-state index < -0.39 is 37.3 Å². The summed E-state index contributed by atoms with van der Waals surface area (Å²) < 4.78 is 47.6. The molecule has 0 heterocycles. The maximum Gasteiger partial charge on any atom is 0.335 e. The molecule has 1 rings (SSSR count). The predicted octanol–water partition coefficient (Wildman–Crippen LogP) is 0.480. The van der Waals surface area contributed by atoms with E-state index in [1.165, 1.54) is 18.2 Å². The van der Waals surface area contributed by atoms with Crippen molar-refractivity contribution < 1.29 is 26.7 Å². The lowest BCUT2D eigenvalue weighted by atomic mass is 10.1. The van der Waals surface area contributed by atoms with Gasteiger partial charge < -0.3 is 5.11 Å². The lowest BCUT2D eigenvalue weighted by Crippen LogP contribution is -2.22. The van der Waals surface area contributed by atoms with Crippen LogP contribution in [-0.2, 0) is 19.9 Å². The van der Waals surface area contributed by atoms with Crippen LogP contribution in [0.3, 0.4) is 0 Å². The number of nitrogens with one attached hydrogen (secondary N) is 1. The second-order valence-electron chi connectivity index (χ2n) is 4.39. The summed E-state index contributed by atoms with van der Waals surface area (Å²) in [5, 5.41) is 8.80. The van der Waals surface area contributed by atoms with Crippen LogP contribution in [-0.4, -0.2) is 45.7 Å². The Labute approximate surface area is 117 Å². The van der Waals surface area contributed by atoms with Crippen LogP contribution in [0.4, 0.5) is 5.69 Å². The van der Waals surface area contributed by atoms with Gasteiger partial charge in [0.1, 0.15) is 9.84 Å². The van der Waals surface area contributed by atoms with Crippen molar-refractivity contribution >= 4 is 31.5 Å². The fourth-order valence-electron chi connectivity index (χ4n) is 1.39. The molecule has 0 aliphatic carbocycles. The Hall–Kier alpha value is -1.61. The molecule has 0 saturated carbocycles. The number of sulfonamides is 1. The second kappa shape index (κ2) is 5.80. The monoisotopic (exact) mass is 321 g/mol. The quantitative estimate of drug-likeness (QED) is 0.787. The number of aryl methyl sites for hydroxylation is 1. The molecule has 0 unspecified atom stereocenters. The SMILES string of the molecule is Cc1cc(C(=O)O)ccc1NS(=O)(=O)CCS(C)(=O)=O. The van der Waals surface area contributed by atoms with Crippen LogP contribution in [0.2, 0.25) is 0 Å². The van der Waals surface area contributed by atoms with Gasteiger partial charge in [-0.1, -0.05) is 0 Å². The number of carbonyl (C=O) groups is 1. The van der Waals surface area contributed by atoms with Gasteiger partial charge in [0.25, 0.3) is 0 Å². The van der Waals surface area contributed by atoms with Gasteiger partial charge in [-0.25, -0.2) is 21.6 Å². The van der Waals surface area contributed by atoms with Gasteiger partial charge in [0.15, 0.2) is 0 Å². The van der Waals surface area contributed by atoms with Crippen LogP contribution in [0.5, 0.6) is 0 Å². The van der Waals surface area contributed by atoms with Crippen molar-refractivity contribution in [3.05, 3.63) is 29.3 Å². The molecular formula is C11H15NO6S2. The van der Waals surface area contributed by atoms with E-state index >= 15 is 0 Å². The number of benzene rings is 1. The van der Waals surface area contributed by atoms with E-state index in [4.69, 9.17) is 5.11 Å². The maximum absolute atomic E-state index is 11.7. The Balaban J connectivity index is 2.90. The molecule has 0 aromatic heterocycles. The Morgan fingerprint density at radius 1 is 1.20 bits per heavy atom. The minimum Gasteiger partial charge on any atom is -0.478 e. The number of carboxylic acids is 1. The van der Waals surface area contributed by atoms with E-state index in [0.717, 1.165) is 6.26 Å². The molecule has 7 nitrogen and oxygen atoms in total. The average molecular weight is 321 g/mol. The first-order valence-electron chi connectivity index (χ1n) is 5.52. The standard InChI is InChI=1S/C11H15NO6S2/c1-8-7-9(11(13)14)3-4-10(8)12-20(17,18)6-5-19(2,15)16/h3-4,7,12H,5-6H2,1-2H3,(H,13,14). The molecule has 0 radical (unpaired) electrons. The zero-order chi connectivity index (χ0) is 15.6. The average Bonchev–Trinajstić information content (AvgIpc) is 2.28. The highest BCUT2D eigenvalue weighted by Gasteiger charge is 2.16. The third kappa shape index (κ3) is 5.17. The Kier molecular flexibility index (Phi) is 4.77. The third-order valence-electron chi connectivity index (χ3n) is 2.46. The zero-order valence-corrected chi connectivity index (χ0v) is 12.6. The Bertz CT molecular complexity index is 721. The number of hydrogen-bond acceptors (Lipinski definition) is 5. The first-order valence-corrected chi connectivity index (χ1v) is 9.23. The maximum atomic E-state index is 11.7. The molecule has 0 saturated heterocycles. The molecule has 0 aliphatic rings. The van der Waals surface area contributed by atoms with Crippen LogP contribution in [0.15, 0.2) is 18.2 Å². The molecule has 1 aromatic carbocycles.